The molecule has 148 valence electrons. The number of imidazole rings is 1. The van der Waals surface area contributed by atoms with Crippen molar-refractivity contribution in [1.29, 1.82) is 0 Å². The molecule has 1 aromatic heterocycles. The van der Waals surface area contributed by atoms with Gasteiger partial charge in [-0.05, 0) is 45.6 Å². The van der Waals surface area contributed by atoms with Crippen LogP contribution in [0.5, 0.6) is 0 Å². The molecular formula is C20H28FN3O2S. The maximum atomic E-state index is 13.9. The van der Waals surface area contributed by atoms with Crippen LogP contribution in [0.15, 0.2) is 30.5 Å². The van der Waals surface area contributed by atoms with Crippen LogP contribution in [0.1, 0.15) is 49.8 Å². The van der Waals surface area contributed by atoms with Gasteiger partial charge in [0.15, 0.2) is 0 Å². The van der Waals surface area contributed by atoms with E-state index in [9.17, 15) is 12.8 Å². The van der Waals surface area contributed by atoms with Crippen LogP contribution in [0.3, 0.4) is 0 Å². The summed E-state index contributed by atoms with van der Waals surface area (Å²) in [5, 5.41) is 0. The summed E-state index contributed by atoms with van der Waals surface area (Å²) < 4.78 is 43.3. The second-order valence-electron chi connectivity index (χ2n) is 7.70. The molecule has 1 aliphatic rings. The van der Waals surface area contributed by atoms with E-state index in [2.05, 4.69) is 23.4 Å². The van der Waals surface area contributed by atoms with Crippen molar-refractivity contribution in [3.05, 3.63) is 53.4 Å². The number of hydrogen-bond acceptors (Lipinski definition) is 3. The van der Waals surface area contributed by atoms with Gasteiger partial charge in [0.2, 0.25) is 10.0 Å². The Balaban J connectivity index is 1.71. The highest BCUT2D eigenvalue weighted by Crippen LogP contribution is 2.26. The molecule has 0 aliphatic carbocycles. The summed E-state index contributed by atoms with van der Waals surface area (Å²) in [6.07, 6.45) is 4.45. The maximum Gasteiger partial charge on any atom is 0.218 e. The van der Waals surface area contributed by atoms with Crippen molar-refractivity contribution < 1.29 is 12.8 Å². The minimum atomic E-state index is -3.54. The summed E-state index contributed by atoms with van der Waals surface area (Å²) in [4.78, 5) is 4.54. The Morgan fingerprint density at radius 1 is 1.30 bits per heavy atom. The molecule has 1 aromatic carbocycles. The summed E-state index contributed by atoms with van der Waals surface area (Å²) in [6, 6.07) is 6.41. The molecule has 1 atom stereocenters. The summed E-state index contributed by atoms with van der Waals surface area (Å²) in [7, 11) is -3.54. The molecular weight excluding hydrogens is 365 g/mol. The summed E-state index contributed by atoms with van der Waals surface area (Å²) in [6.45, 7) is 7.28. The van der Waals surface area contributed by atoms with Gasteiger partial charge in [0, 0.05) is 43.0 Å². The van der Waals surface area contributed by atoms with Gasteiger partial charge in [0.05, 0.1) is 5.75 Å². The second kappa shape index (κ2) is 8.10. The molecule has 1 aliphatic heterocycles. The second-order valence-corrected chi connectivity index (χ2v) is 9.67. The molecule has 0 spiro atoms. The number of nitrogens with zero attached hydrogens (tertiary/aromatic N) is 3. The van der Waals surface area contributed by atoms with E-state index in [-0.39, 0.29) is 17.2 Å². The standard InChI is InChI=1S/C20H28FN3O2S/c1-15(2)24-16(3)12-22-20(24)11-17-7-6-10-23(13-17)27(25,26)14-18-8-4-5-9-19(18)21/h4-5,8-9,12,15,17H,6-7,10-11,13-14H2,1-3H3. The van der Waals surface area contributed by atoms with Crippen LogP contribution in [0.25, 0.3) is 0 Å². The minimum Gasteiger partial charge on any atom is -0.330 e. The minimum absolute atomic E-state index is 0.227. The Bertz CT molecular complexity index is 892. The Kier molecular flexibility index (Phi) is 6.01. The third-order valence-electron chi connectivity index (χ3n) is 5.22. The Morgan fingerprint density at radius 2 is 2.04 bits per heavy atom. The molecule has 27 heavy (non-hydrogen) atoms. The molecule has 2 heterocycles. The fourth-order valence-corrected chi connectivity index (χ4v) is 5.61. The van der Waals surface area contributed by atoms with Crippen LogP contribution >= 0.6 is 0 Å². The molecule has 0 saturated carbocycles. The number of benzene rings is 1. The molecule has 1 unspecified atom stereocenters. The van der Waals surface area contributed by atoms with Crippen LogP contribution in [0.2, 0.25) is 0 Å². The van der Waals surface area contributed by atoms with E-state index in [4.69, 9.17) is 0 Å². The molecule has 0 amide bonds. The van der Waals surface area contributed by atoms with Gasteiger partial charge in [-0.3, -0.25) is 0 Å². The number of sulfonamides is 1. The molecule has 1 saturated heterocycles. The lowest BCUT2D eigenvalue weighted by atomic mass is 9.96. The molecule has 0 N–H and O–H groups in total. The first-order valence-corrected chi connectivity index (χ1v) is 11.1. The zero-order valence-electron chi connectivity index (χ0n) is 16.2. The molecule has 7 heteroatoms. The normalized spacial score (nSPS) is 18.9. The first-order valence-electron chi connectivity index (χ1n) is 9.52. The smallest absolute Gasteiger partial charge is 0.218 e. The van der Waals surface area contributed by atoms with Crippen molar-refractivity contribution in [2.75, 3.05) is 13.1 Å². The highest BCUT2D eigenvalue weighted by molar-refractivity contribution is 7.88. The highest BCUT2D eigenvalue weighted by Gasteiger charge is 2.30. The number of aryl methyl sites for hydroxylation is 1. The van der Waals surface area contributed by atoms with Gasteiger partial charge in [-0.15, -0.1) is 0 Å². The average molecular weight is 394 g/mol. The first-order chi connectivity index (χ1) is 12.8. The van der Waals surface area contributed by atoms with Crippen LogP contribution in [-0.4, -0.2) is 35.4 Å². The Morgan fingerprint density at radius 3 is 2.74 bits per heavy atom. The Labute approximate surface area is 161 Å². The zero-order chi connectivity index (χ0) is 19.6. The monoisotopic (exact) mass is 393 g/mol. The molecule has 0 bridgehead atoms. The summed E-state index contributed by atoms with van der Waals surface area (Å²) in [5.74, 6) is 0.491. The largest absolute Gasteiger partial charge is 0.330 e. The lowest BCUT2D eigenvalue weighted by molar-refractivity contribution is 0.260. The van der Waals surface area contributed by atoms with Crippen molar-refractivity contribution in [3.8, 4) is 0 Å². The van der Waals surface area contributed by atoms with E-state index >= 15 is 0 Å². The Hall–Kier alpha value is -1.73. The van der Waals surface area contributed by atoms with E-state index < -0.39 is 15.8 Å². The first kappa shape index (κ1) is 20.0. The number of piperidine rings is 1. The van der Waals surface area contributed by atoms with E-state index in [1.807, 2.05) is 13.1 Å². The summed E-state index contributed by atoms with van der Waals surface area (Å²) in [5.41, 5.74) is 1.35. The van der Waals surface area contributed by atoms with Gasteiger partial charge in [-0.1, -0.05) is 18.2 Å². The SMILES string of the molecule is Cc1cnc(CC2CCCN(S(=O)(=O)Cc3ccccc3F)C2)n1C(C)C. The molecule has 1 fully saturated rings. The molecule has 5 nitrogen and oxygen atoms in total. The van der Waals surface area contributed by atoms with Crippen molar-refractivity contribution in [1.82, 2.24) is 13.9 Å². The molecule has 3 rings (SSSR count). The van der Waals surface area contributed by atoms with E-state index in [1.54, 1.807) is 12.1 Å². The van der Waals surface area contributed by atoms with Crippen molar-refractivity contribution >= 4 is 10.0 Å². The fourth-order valence-electron chi connectivity index (χ4n) is 3.96. The van der Waals surface area contributed by atoms with Crippen molar-refractivity contribution in [2.45, 2.75) is 51.8 Å². The number of aromatic nitrogens is 2. The molecule has 2 aromatic rings. The summed E-state index contributed by atoms with van der Waals surface area (Å²) >= 11 is 0. The predicted molar refractivity (Wildman–Crippen MR) is 104 cm³/mol. The number of hydrogen-bond donors (Lipinski definition) is 0. The number of rotatable bonds is 6. The van der Waals surface area contributed by atoms with Crippen LogP contribution in [0.4, 0.5) is 4.39 Å². The van der Waals surface area contributed by atoms with Gasteiger partial charge in [0.1, 0.15) is 11.6 Å². The third kappa shape index (κ3) is 4.58. The van der Waals surface area contributed by atoms with Gasteiger partial charge in [-0.2, -0.15) is 0 Å². The predicted octanol–water partition coefficient (Wildman–Crippen LogP) is 3.70. The van der Waals surface area contributed by atoms with Gasteiger partial charge >= 0.3 is 0 Å². The van der Waals surface area contributed by atoms with Gasteiger partial charge < -0.3 is 4.57 Å². The van der Waals surface area contributed by atoms with Crippen LogP contribution in [-0.2, 0) is 22.2 Å². The van der Waals surface area contributed by atoms with Crippen LogP contribution < -0.4 is 0 Å². The highest BCUT2D eigenvalue weighted by atomic mass is 32.2. The van der Waals surface area contributed by atoms with E-state index in [0.29, 0.717) is 19.1 Å². The average Bonchev–Trinajstić information content (AvgIpc) is 2.97. The lowest BCUT2D eigenvalue weighted by Crippen LogP contribution is -2.41. The van der Waals surface area contributed by atoms with Crippen molar-refractivity contribution in [2.24, 2.45) is 5.92 Å². The van der Waals surface area contributed by atoms with Crippen molar-refractivity contribution in [3.63, 3.8) is 0 Å². The quantitative estimate of drug-likeness (QED) is 0.752. The maximum absolute atomic E-state index is 13.9. The van der Waals surface area contributed by atoms with E-state index in [1.165, 1.54) is 16.4 Å². The van der Waals surface area contributed by atoms with Gasteiger partial charge in [0.25, 0.3) is 0 Å². The zero-order valence-corrected chi connectivity index (χ0v) is 17.0. The van der Waals surface area contributed by atoms with Crippen LogP contribution in [0, 0.1) is 18.7 Å². The van der Waals surface area contributed by atoms with Gasteiger partial charge in [-0.25, -0.2) is 22.1 Å². The fraction of sp³-hybridized carbons (Fsp3) is 0.550. The molecule has 0 radical (unpaired) electrons. The third-order valence-corrected chi connectivity index (χ3v) is 7.01. The number of halogens is 1. The van der Waals surface area contributed by atoms with E-state index in [0.717, 1.165) is 30.8 Å². The topological polar surface area (TPSA) is 55.2 Å². The lowest BCUT2D eigenvalue weighted by Gasteiger charge is -2.32.